The number of carbonyl (C=O) groups excluding carboxylic acids is 1. The zero-order chi connectivity index (χ0) is 21.3. The van der Waals surface area contributed by atoms with Gasteiger partial charge in [-0.15, -0.1) is 0 Å². The van der Waals surface area contributed by atoms with Crippen molar-refractivity contribution in [3.8, 4) is 0 Å². The minimum Gasteiger partial charge on any atom is -0.354 e. The molecule has 1 saturated heterocycles. The number of halogens is 1. The molecule has 3 aromatic heterocycles. The fraction of sp³-hybridized carbons (Fsp3) is 0.273. The smallest absolute Gasteiger partial charge is 0.269 e. The van der Waals surface area contributed by atoms with E-state index in [0.29, 0.717) is 31.6 Å². The molecule has 2 N–H and O–H groups in total. The van der Waals surface area contributed by atoms with E-state index in [-0.39, 0.29) is 11.3 Å². The van der Waals surface area contributed by atoms with Crippen LogP contribution >= 0.6 is 0 Å². The van der Waals surface area contributed by atoms with Crippen LogP contribution in [-0.4, -0.2) is 45.9 Å². The van der Waals surface area contributed by atoms with E-state index >= 15 is 0 Å². The maximum Gasteiger partial charge on any atom is 0.269 e. The van der Waals surface area contributed by atoms with Gasteiger partial charge in [0.1, 0.15) is 5.69 Å². The third-order valence-electron chi connectivity index (χ3n) is 5.16. The second-order valence-electron chi connectivity index (χ2n) is 7.36. The Morgan fingerprint density at radius 3 is 2.83 bits per heavy atom. The summed E-state index contributed by atoms with van der Waals surface area (Å²) in [5.41, 5.74) is 4.68. The van der Waals surface area contributed by atoms with E-state index in [1.54, 1.807) is 12.1 Å². The number of fused-ring (bicyclic) bond motifs is 1. The summed E-state index contributed by atoms with van der Waals surface area (Å²) in [6.45, 7) is 4.05. The number of aryl methyl sites for hydroxylation is 1. The predicted molar refractivity (Wildman–Crippen MR) is 113 cm³/mol. The lowest BCUT2D eigenvalue weighted by molar-refractivity contribution is 0.0957. The van der Waals surface area contributed by atoms with Gasteiger partial charge in [-0.1, -0.05) is 6.92 Å². The summed E-state index contributed by atoms with van der Waals surface area (Å²) in [6.07, 6.45) is 4.26. The fourth-order valence-electron chi connectivity index (χ4n) is 3.53. The van der Waals surface area contributed by atoms with Crippen LogP contribution in [0.5, 0.6) is 0 Å². The van der Waals surface area contributed by atoms with Crippen LogP contribution in [0.3, 0.4) is 0 Å². The van der Waals surface area contributed by atoms with Gasteiger partial charge in [0, 0.05) is 44.0 Å². The number of aromatic nitrogens is 3. The number of hydrogen-bond donors (Lipinski definition) is 2. The van der Waals surface area contributed by atoms with Crippen LogP contribution in [0.15, 0.2) is 40.8 Å². The molecule has 7 nitrogen and oxygen atoms in total. The Balaban J connectivity index is 1.42. The number of hydrogen-bond acceptors (Lipinski definition) is 5. The SMILES string of the molecule is CCc1cc2ncc(CN3CC(=Cc4ccc(C(=O)NC)nc4F)C3)cc2[nH]c1=O. The highest BCUT2D eigenvalue weighted by Gasteiger charge is 2.21. The van der Waals surface area contributed by atoms with Crippen molar-refractivity contribution in [3.63, 3.8) is 0 Å². The monoisotopic (exact) mass is 407 g/mol. The first-order valence-corrected chi connectivity index (χ1v) is 9.78. The number of nitrogens with zero attached hydrogens (tertiary/aromatic N) is 3. The summed E-state index contributed by atoms with van der Waals surface area (Å²) < 4.78 is 14.2. The number of pyridine rings is 3. The molecule has 1 fully saturated rings. The van der Waals surface area contributed by atoms with E-state index in [1.807, 2.05) is 25.3 Å². The molecule has 0 saturated carbocycles. The van der Waals surface area contributed by atoms with Crippen LogP contribution in [0.1, 0.15) is 34.1 Å². The van der Waals surface area contributed by atoms with Crippen LogP contribution in [0.4, 0.5) is 4.39 Å². The van der Waals surface area contributed by atoms with Crippen LogP contribution < -0.4 is 10.9 Å². The summed E-state index contributed by atoms with van der Waals surface area (Å²) in [7, 11) is 1.48. The minimum atomic E-state index is -0.656. The Kier molecular flexibility index (Phi) is 5.41. The van der Waals surface area contributed by atoms with Crippen molar-refractivity contribution < 1.29 is 9.18 Å². The van der Waals surface area contributed by atoms with E-state index in [4.69, 9.17) is 0 Å². The van der Waals surface area contributed by atoms with E-state index in [2.05, 4.69) is 25.2 Å². The molecule has 0 atom stereocenters. The molecule has 30 heavy (non-hydrogen) atoms. The van der Waals surface area contributed by atoms with E-state index in [0.717, 1.165) is 27.7 Å². The average molecular weight is 407 g/mol. The van der Waals surface area contributed by atoms with E-state index in [1.165, 1.54) is 13.1 Å². The standard InChI is InChI=1S/C22H22FN5O2/c1-3-15-8-18-19(27-21(15)29)7-13(9-25-18)10-28-11-14(12-28)6-16-4-5-17(22(30)24-2)26-20(16)23/h4-9H,3,10-12H2,1-2H3,(H,24,30)(H,27,29). The number of likely N-dealkylation sites (tertiary alicyclic amines) is 1. The Morgan fingerprint density at radius 1 is 1.33 bits per heavy atom. The van der Waals surface area contributed by atoms with Crippen molar-refractivity contribution >= 4 is 23.0 Å². The maximum atomic E-state index is 14.2. The van der Waals surface area contributed by atoms with Gasteiger partial charge in [0.15, 0.2) is 0 Å². The normalized spacial score (nSPS) is 13.9. The third-order valence-corrected chi connectivity index (χ3v) is 5.16. The van der Waals surface area contributed by atoms with Crippen molar-refractivity contribution in [2.75, 3.05) is 20.1 Å². The van der Waals surface area contributed by atoms with Gasteiger partial charge < -0.3 is 10.3 Å². The van der Waals surface area contributed by atoms with Gasteiger partial charge in [0.25, 0.3) is 11.5 Å². The first-order valence-electron chi connectivity index (χ1n) is 9.78. The Bertz CT molecular complexity index is 1210. The molecule has 0 radical (unpaired) electrons. The number of rotatable bonds is 5. The summed E-state index contributed by atoms with van der Waals surface area (Å²) in [6, 6.07) is 6.86. The number of H-pyrrole nitrogens is 1. The quantitative estimate of drug-likeness (QED) is 0.634. The Morgan fingerprint density at radius 2 is 2.13 bits per heavy atom. The maximum absolute atomic E-state index is 14.2. The molecule has 1 amide bonds. The number of aromatic amines is 1. The lowest BCUT2D eigenvalue weighted by Gasteiger charge is -2.34. The zero-order valence-electron chi connectivity index (χ0n) is 16.8. The highest BCUT2D eigenvalue weighted by atomic mass is 19.1. The van der Waals surface area contributed by atoms with Crippen molar-refractivity contribution in [2.24, 2.45) is 0 Å². The zero-order valence-corrected chi connectivity index (χ0v) is 16.8. The summed E-state index contributed by atoms with van der Waals surface area (Å²) in [5, 5.41) is 2.42. The topological polar surface area (TPSA) is 91.0 Å². The molecule has 4 rings (SSSR count). The molecule has 0 bridgehead atoms. The van der Waals surface area contributed by atoms with Crippen LogP contribution in [0.2, 0.25) is 0 Å². The summed E-state index contributed by atoms with van der Waals surface area (Å²) in [4.78, 5) is 36.8. The van der Waals surface area contributed by atoms with Gasteiger partial charge in [-0.3, -0.25) is 19.5 Å². The average Bonchev–Trinajstić information content (AvgIpc) is 2.72. The molecular weight excluding hydrogens is 385 g/mol. The molecule has 154 valence electrons. The van der Waals surface area contributed by atoms with Crippen molar-refractivity contribution in [1.29, 1.82) is 0 Å². The van der Waals surface area contributed by atoms with Crippen LogP contribution in [0, 0.1) is 5.95 Å². The van der Waals surface area contributed by atoms with E-state index < -0.39 is 11.9 Å². The van der Waals surface area contributed by atoms with Gasteiger partial charge in [-0.2, -0.15) is 4.39 Å². The number of nitrogens with one attached hydrogen (secondary N) is 2. The molecule has 0 aromatic carbocycles. The second kappa shape index (κ2) is 8.16. The lowest BCUT2D eigenvalue weighted by Crippen LogP contribution is -2.39. The Hall–Kier alpha value is -3.39. The molecule has 3 aromatic rings. The summed E-state index contributed by atoms with van der Waals surface area (Å²) >= 11 is 0. The van der Waals surface area contributed by atoms with Gasteiger partial charge in [-0.25, -0.2) is 4.98 Å². The second-order valence-corrected chi connectivity index (χ2v) is 7.36. The molecule has 0 unspecified atom stereocenters. The highest BCUT2D eigenvalue weighted by Crippen LogP contribution is 2.22. The third kappa shape index (κ3) is 3.99. The summed E-state index contributed by atoms with van der Waals surface area (Å²) in [5.74, 6) is -1.07. The molecule has 4 heterocycles. The van der Waals surface area contributed by atoms with Gasteiger partial charge >= 0.3 is 0 Å². The number of amides is 1. The lowest BCUT2D eigenvalue weighted by atomic mass is 10.0. The van der Waals surface area contributed by atoms with Crippen molar-refractivity contribution in [1.82, 2.24) is 25.2 Å². The fourth-order valence-corrected chi connectivity index (χ4v) is 3.53. The van der Waals surface area contributed by atoms with Crippen molar-refractivity contribution in [2.45, 2.75) is 19.9 Å². The predicted octanol–water partition coefficient (Wildman–Crippen LogP) is 2.28. The van der Waals surface area contributed by atoms with E-state index in [9.17, 15) is 14.0 Å². The molecule has 1 aliphatic heterocycles. The first kappa shape index (κ1) is 19.9. The van der Waals surface area contributed by atoms with Gasteiger partial charge in [0.05, 0.1) is 11.0 Å². The molecule has 0 aliphatic carbocycles. The van der Waals surface area contributed by atoms with Crippen LogP contribution in [-0.2, 0) is 13.0 Å². The highest BCUT2D eigenvalue weighted by molar-refractivity contribution is 5.92. The largest absolute Gasteiger partial charge is 0.354 e. The minimum absolute atomic E-state index is 0.0558. The number of carbonyl (C=O) groups is 1. The van der Waals surface area contributed by atoms with Gasteiger partial charge in [-0.05, 0) is 47.9 Å². The molecule has 1 aliphatic rings. The molecular formula is C22H22FN5O2. The molecule has 8 heteroatoms. The van der Waals surface area contributed by atoms with Crippen LogP contribution in [0.25, 0.3) is 17.1 Å². The van der Waals surface area contributed by atoms with Crippen molar-refractivity contribution in [3.05, 3.63) is 74.7 Å². The van der Waals surface area contributed by atoms with Gasteiger partial charge in [0.2, 0.25) is 5.95 Å². The first-order chi connectivity index (χ1) is 14.5. The Labute approximate surface area is 172 Å². The molecule has 0 spiro atoms.